The van der Waals surface area contributed by atoms with E-state index in [1.165, 1.54) is 36.4 Å². The molecule has 28 heavy (non-hydrogen) atoms. The minimum absolute atomic E-state index is 0.150. The number of rotatable bonds is 6. The lowest BCUT2D eigenvalue weighted by molar-refractivity contribution is -0.274. The van der Waals surface area contributed by atoms with Gasteiger partial charge in [0.15, 0.2) is 9.84 Å². The van der Waals surface area contributed by atoms with Crippen LogP contribution >= 0.6 is 0 Å². The van der Waals surface area contributed by atoms with Crippen molar-refractivity contribution in [2.75, 3.05) is 11.6 Å². The molecule has 0 saturated carbocycles. The van der Waals surface area contributed by atoms with Crippen LogP contribution in [0.4, 0.5) is 18.9 Å². The number of hydrogen-bond acceptors (Lipinski definition) is 5. The van der Waals surface area contributed by atoms with E-state index in [1.54, 1.807) is 31.2 Å². The Labute approximate surface area is 161 Å². The van der Waals surface area contributed by atoms with Gasteiger partial charge in [-0.25, -0.2) is 8.42 Å². The van der Waals surface area contributed by atoms with Crippen LogP contribution in [0.3, 0.4) is 0 Å². The topological polar surface area (TPSA) is 81.4 Å². The lowest BCUT2D eigenvalue weighted by Gasteiger charge is -2.12. The maximum Gasteiger partial charge on any atom is 0.573 e. The number of nitrogens with two attached hydrogens (primary N) is 1. The van der Waals surface area contributed by atoms with E-state index < -0.39 is 16.2 Å². The molecule has 0 unspecified atom stereocenters. The van der Waals surface area contributed by atoms with Crippen molar-refractivity contribution in [3.05, 3.63) is 71.9 Å². The van der Waals surface area contributed by atoms with E-state index in [0.29, 0.717) is 22.6 Å². The summed E-state index contributed by atoms with van der Waals surface area (Å²) in [7, 11) is -3.36. The minimum Gasteiger partial charge on any atom is -0.406 e. The molecular weight excluding hydrogens is 393 g/mol. The number of hydrogen-bond donors (Lipinski definition) is 2. The molecule has 0 fully saturated rings. The highest BCUT2D eigenvalue weighted by Crippen LogP contribution is 2.25. The van der Waals surface area contributed by atoms with Crippen molar-refractivity contribution >= 4 is 21.2 Å². The molecule has 150 valence electrons. The van der Waals surface area contributed by atoms with Gasteiger partial charge >= 0.3 is 6.36 Å². The minimum atomic E-state index is -4.75. The molecule has 5 nitrogen and oxygen atoms in total. The fraction of sp³-hybridized carbons (Fsp3) is 0.158. The van der Waals surface area contributed by atoms with Crippen LogP contribution in [0, 0.1) is 0 Å². The first kappa shape index (κ1) is 21.4. The van der Waals surface area contributed by atoms with Gasteiger partial charge in [-0.2, -0.15) is 0 Å². The van der Waals surface area contributed by atoms with Crippen LogP contribution in [0.1, 0.15) is 12.5 Å². The zero-order valence-electron chi connectivity index (χ0n) is 15.1. The maximum absolute atomic E-state index is 12.2. The Morgan fingerprint density at radius 3 is 2.32 bits per heavy atom. The fourth-order valence-electron chi connectivity index (χ4n) is 2.26. The Hall–Kier alpha value is -2.94. The number of nitrogens with one attached hydrogen (secondary N) is 1. The molecule has 0 heterocycles. The number of halogens is 3. The Balaban J connectivity index is 2.18. The zero-order valence-corrected chi connectivity index (χ0v) is 15.9. The molecule has 0 bridgehead atoms. The number of benzene rings is 2. The fourth-order valence-corrected chi connectivity index (χ4v) is 2.92. The third-order valence-corrected chi connectivity index (χ3v) is 4.70. The van der Waals surface area contributed by atoms with Crippen LogP contribution in [0.5, 0.6) is 5.75 Å². The van der Waals surface area contributed by atoms with E-state index in [0.717, 1.165) is 6.26 Å². The molecule has 0 aliphatic carbocycles. The lowest BCUT2D eigenvalue weighted by Crippen LogP contribution is -2.17. The molecule has 0 spiro atoms. The Kier molecular flexibility index (Phi) is 6.40. The van der Waals surface area contributed by atoms with Gasteiger partial charge in [0.25, 0.3) is 0 Å². The van der Waals surface area contributed by atoms with Gasteiger partial charge in [0.05, 0.1) is 4.90 Å². The Morgan fingerprint density at radius 2 is 1.79 bits per heavy atom. The van der Waals surface area contributed by atoms with Crippen LogP contribution in [0.25, 0.3) is 5.70 Å². The molecule has 9 heteroatoms. The second kappa shape index (κ2) is 8.39. The summed E-state index contributed by atoms with van der Waals surface area (Å²) >= 11 is 0. The maximum atomic E-state index is 12.2. The van der Waals surface area contributed by atoms with E-state index in [1.807, 2.05) is 0 Å². The lowest BCUT2D eigenvalue weighted by atomic mass is 10.1. The third kappa shape index (κ3) is 6.34. The SMILES string of the molecule is C/C=C(\C=C(/N)c1cccc(S(C)(=O)=O)c1)Nc1ccc(OC(F)(F)F)cc1. The van der Waals surface area contributed by atoms with Gasteiger partial charge in [-0.1, -0.05) is 18.2 Å². The number of alkyl halides is 3. The van der Waals surface area contributed by atoms with Crippen LogP contribution in [0.15, 0.2) is 71.3 Å². The first-order valence-electron chi connectivity index (χ1n) is 8.05. The Morgan fingerprint density at radius 1 is 1.14 bits per heavy atom. The molecule has 0 atom stereocenters. The van der Waals surface area contributed by atoms with Crippen LogP contribution < -0.4 is 15.8 Å². The molecular formula is C19H19F3N2O3S. The van der Waals surface area contributed by atoms with Gasteiger partial charge in [0.1, 0.15) is 5.75 Å². The van der Waals surface area contributed by atoms with Gasteiger partial charge in [0.2, 0.25) is 0 Å². The largest absolute Gasteiger partial charge is 0.573 e. The summed E-state index contributed by atoms with van der Waals surface area (Å²) in [6, 6.07) is 11.4. The van der Waals surface area contributed by atoms with E-state index in [4.69, 9.17) is 5.73 Å². The van der Waals surface area contributed by atoms with Gasteiger partial charge < -0.3 is 15.8 Å². The standard InChI is InChI=1S/C19H19F3N2O3S/c1-3-14(24-15-7-9-16(10-8-15)27-19(20,21)22)12-18(23)13-5-4-6-17(11-13)28(2,25)26/h3-12,24H,23H2,1-2H3/b14-3+,18-12-. The van der Waals surface area contributed by atoms with Gasteiger partial charge in [-0.3, -0.25) is 0 Å². The molecule has 2 aromatic rings. The van der Waals surface area contributed by atoms with Crippen LogP contribution in [-0.2, 0) is 9.84 Å². The van der Waals surface area contributed by atoms with Gasteiger partial charge in [0, 0.05) is 23.3 Å². The molecule has 3 N–H and O–H groups in total. The third-order valence-electron chi connectivity index (χ3n) is 3.59. The quantitative estimate of drug-likeness (QED) is 0.692. The van der Waals surface area contributed by atoms with Crippen molar-refractivity contribution in [1.29, 1.82) is 0 Å². The van der Waals surface area contributed by atoms with Crippen molar-refractivity contribution in [3.8, 4) is 5.75 Å². The zero-order chi connectivity index (χ0) is 20.9. The molecule has 0 aliphatic heterocycles. The molecule has 2 aromatic carbocycles. The second-order valence-electron chi connectivity index (χ2n) is 5.84. The molecule has 0 aromatic heterocycles. The summed E-state index contributed by atoms with van der Waals surface area (Å²) in [6.45, 7) is 1.75. The van der Waals surface area contributed by atoms with Crippen molar-refractivity contribution in [1.82, 2.24) is 0 Å². The first-order chi connectivity index (χ1) is 13.0. The summed E-state index contributed by atoms with van der Waals surface area (Å²) in [4.78, 5) is 0.150. The first-order valence-corrected chi connectivity index (χ1v) is 9.94. The smallest absolute Gasteiger partial charge is 0.406 e. The van der Waals surface area contributed by atoms with Crippen molar-refractivity contribution < 1.29 is 26.3 Å². The second-order valence-corrected chi connectivity index (χ2v) is 7.86. The predicted octanol–water partition coefficient (Wildman–Crippen LogP) is 4.30. The van der Waals surface area contributed by atoms with Gasteiger partial charge in [-0.15, -0.1) is 13.2 Å². The summed E-state index contributed by atoms with van der Waals surface area (Å²) in [6.07, 6.45) is -0.326. The number of anilines is 1. The number of allylic oxidation sites excluding steroid dienone is 2. The normalized spacial score (nSPS) is 13.3. The summed E-state index contributed by atoms with van der Waals surface area (Å²) in [5.74, 6) is -0.326. The van der Waals surface area contributed by atoms with E-state index in [2.05, 4.69) is 10.1 Å². The molecule has 0 radical (unpaired) electrons. The predicted molar refractivity (Wildman–Crippen MR) is 102 cm³/mol. The highest BCUT2D eigenvalue weighted by molar-refractivity contribution is 7.90. The van der Waals surface area contributed by atoms with E-state index in [-0.39, 0.29) is 10.6 Å². The molecule has 0 saturated heterocycles. The molecule has 0 aliphatic rings. The summed E-state index contributed by atoms with van der Waals surface area (Å²) < 4.78 is 63.8. The highest BCUT2D eigenvalue weighted by Gasteiger charge is 2.30. The summed E-state index contributed by atoms with van der Waals surface area (Å²) in [5.41, 5.74) is 8.02. The Bertz CT molecular complexity index is 996. The average molecular weight is 412 g/mol. The van der Waals surface area contributed by atoms with Gasteiger partial charge in [-0.05, 0) is 55.0 Å². The van der Waals surface area contributed by atoms with Crippen molar-refractivity contribution in [2.45, 2.75) is 18.2 Å². The average Bonchev–Trinajstić information content (AvgIpc) is 2.60. The molecule has 0 amide bonds. The number of sulfone groups is 1. The van der Waals surface area contributed by atoms with Crippen molar-refractivity contribution in [3.63, 3.8) is 0 Å². The summed E-state index contributed by atoms with van der Waals surface area (Å²) in [5, 5.41) is 3.01. The van der Waals surface area contributed by atoms with Crippen LogP contribution in [-0.4, -0.2) is 21.0 Å². The van der Waals surface area contributed by atoms with Crippen LogP contribution in [0.2, 0.25) is 0 Å². The monoisotopic (exact) mass is 412 g/mol. The van der Waals surface area contributed by atoms with Crippen molar-refractivity contribution in [2.24, 2.45) is 5.73 Å². The molecule has 2 rings (SSSR count). The van der Waals surface area contributed by atoms with E-state index >= 15 is 0 Å². The number of ether oxygens (including phenoxy) is 1. The highest BCUT2D eigenvalue weighted by atomic mass is 32.2. The van der Waals surface area contributed by atoms with E-state index in [9.17, 15) is 21.6 Å².